The van der Waals surface area contributed by atoms with Crippen LogP contribution in [0.4, 0.5) is 0 Å². The zero-order valence-corrected chi connectivity index (χ0v) is 34.4. The number of thioether (sulfide) groups is 1. The van der Waals surface area contributed by atoms with Crippen LogP contribution in [0.2, 0.25) is 0 Å². The quantitative estimate of drug-likeness (QED) is 0.167. The highest BCUT2D eigenvalue weighted by molar-refractivity contribution is 7.99. The number of rotatable bonds is 4. The third kappa shape index (κ3) is 5.06. The Labute approximate surface area is 340 Å². The van der Waals surface area contributed by atoms with Crippen LogP contribution in [0.5, 0.6) is 34.5 Å². The molecule has 58 heavy (non-hydrogen) atoms. The van der Waals surface area contributed by atoms with Crippen LogP contribution in [-0.2, 0) is 32.7 Å². The van der Waals surface area contributed by atoms with Gasteiger partial charge in [0.05, 0.1) is 43.9 Å². The minimum absolute atomic E-state index is 0.00950. The molecule has 3 aromatic carbocycles. The molecular formula is C43H48N4O10S. The number of H-pyrrole nitrogens is 1. The largest absolute Gasteiger partial charge is 0.504 e. The Bertz CT molecular complexity index is 2440. The molecule has 0 aliphatic carbocycles. The maximum Gasteiger partial charge on any atom is 0.333 e. The molecule has 14 nitrogen and oxygen atoms in total. The van der Waals surface area contributed by atoms with Crippen molar-refractivity contribution in [1.82, 2.24) is 20.1 Å². The Morgan fingerprint density at radius 3 is 2.60 bits per heavy atom. The summed E-state index contributed by atoms with van der Waals surface area (Å²) in [5.41, 5.74) is 5.35. The summed E-state index contributed by atoms with van der Waals surface area (Å²) in [4.78, 5) is 36.6. The summed E-state index contributed by atoms with van der Waals surface area (Å²) in [6, 6.07) is 6.16. The first kappa shape index (κ1) is 37.6. The smallest absolute Gasteiger partial charge is 0.333 e. The number of likely N-dealkylation sites (N-methyl/N-ethyl adjacent to an activating group) is 1. The number of esters is 2. The molecule has 3 unspecified atom stereocenters. The van der Waals surface area contributed by atoms with Gasteiger partial charge in [0, 0.05) is 70.0 Å². The highest BCUT2D eigenvalue weighted by atomic mass is 32.2. The number of aromatic nitrogens is 1. The van der Waals surface area contributed by atoms with Crippen molar-refractivity contribution in [2.24, 2.45) is 0 Å². The van der Waals surface area contributed by atoms with E-state index in [4.69, 9.17) is 28.4 Å². The van der Waals surface area contributed by atoms with Gasteiger partial charge in [-0.2, -0.15) is 0 Å². The highest BCUT2D eigenvalue weighted by Gasteiger charge is 2.63. The molecule has 4 N–H and O–H groups in total. The van der Waals surface area contributed by atoms with Gasteiger partial charge in [-0.25, -0.2) is 4.79 Å². The molecule has 1 spiro atoms. The summed E-state index contributed by atoms with van der Waals surface area (Å²) in [6.07, 6.45) is 1.08. The molecule has 4 aromatic rings. The van der Waals surface area contributed by atoms with E-state index in [2.05, 4.69) is 40.1 Å². The van der Waals surface area contributed by atoms with Crippen LogP contribution in [0.3, 0.4) is 0 Å². The van der Waals surface area contributed by atoms with E-state index >= 15 is 4.79 Å². The normalized spacial score (nSPS) is 30.6. The van der Waals surface area contributed by atoms with E-state index in [9.17, 15) is 15.0 Å². The number of aryl methyl sites for hydroxylation is 1. The fraction of sp³-hybridized carbons (Fsp3) is 0.488. The number of aromatic amines is 1. The zero-order chi connectivity index (χ0) is 40.6. The first-order valence-corrected chi connectivity index (χ1v) is 20.8. The number of aliphatic hydroxyl groups is 1. The molecule has 9 heterocycles. The zero-order valence-electron chi connectivity index (χ0n) is 33.6. The molecular weight excluding hydrogens is 765 g/mol. The van der Waals surface area contributed by atoms with Crippen LogP contribution in [0.1, 0.15) is 75.8 Å². The van der Waals surface area contributed by atoms with Crippen LogP contribution >= 0.6 is 11.8 Å². The van der Waals surface area contributed by atoms with Crippen LogP contribution in [-0.4, -0.2) is 108 Å². The van der Waals surface area contributed by atoms with Gasteiger partial charge in [0.25, 0.3) is 0 Å². The van der Waals surface area contributed by atoms with Crippen molar-refractivity contribution < 1.29 is 48.2 Å². The number of fused-ring (bicyclic) bond motifs is 8. The third-order valence-corrected chi connectivity index (χ3v) is 14.9. The number of benzene rings is 3. The van der Waals surface area contributed by atoms with Crippen LogP contribution in [0.25, 0.3) is 10.9 Å². The monoisotopic (exact) mass is 812 g/mol. The summed E-state index contributed by atoms with van der Waals surface area (Å²) >= 11 is 1.57. The number of carbonyl (C=O) groups excluding carboxylic acids is 2. The fourth-order valence-electron chi connectivity index (χ4n) is 11.4. The first-order valence-electron chi connectivity index (χ1n) is 19.7. The average Bonchev–Trinajstić information content (AvgIpc) is 3.78. The number of ether oxygens (including phenoxy) is 6. The predicted octanol–water partition coefficient (Wildman–Crippen LogP) is 4.62. The molecule has 0 amide bonds. The predicted molar refractivity (Wildman–Crippen MR) is 214 cm³/mol. The lowest BCUT2D eigenvalue weighted by Gasteiger charge is -2.61. The second-order valence-corrected chi connectivity index (χ2v) is 18.0. The minimum Gasteiger partial charge on any atom is -0.504 e. The molecule has 0 saturated carbocycles. The van der Waals surface area contributed by atoms with E-state index < -0.39 is 40.4 Å². The SMILES string of the molecule is COc1ccc2[nH]c3c(c2c1)C[C@H](CO)N[C@]31CS[C@@H]2c3c(OC(C)=O)c(C)c4c(c3[C@H](COC1=O)N1[C@@H]2C2c3c(cc(C)c(OC)c3O)CC1(C)CN2C)OCO4. The van der Waals surface area contributed by atoms with Gasteiger partial charge < -0.3 is 43.6 Å². The van der Waals surface area contributed by atoms with Gasteiger partial charge in [-0.1, -0.05) is 6.07 Å². The third-order valence-electron chi connectivity index (χ3n) is 13.4. The van der Waals surface area contributed by atoms with Crippen LogP contribution in [0, 0.1) is 13.8 Å². The van der Waals surface area contributed by atoms with Crippen molar-refractivity contribution in [3.63, 3.8) is 0 Å². The van der Waals surface area contributed by atoms with E-state index in [1.807, 2.05) is 32.0 Å². The van der Waals surface area contributed by atoms with Gasteiger partial charge in [-0.3, -0.25) is 19.9 Å². The van der Waals surface area contributed by atoms with Crippen LogP contribution in [0.15, 0.2) is 24.3 Å². The second kappa shape index (κ2) is 13.2. The van der Waals surface area contributed by atoms with Crippen molar-refractivity contribution >= 4 is 34.6 Å². The molecule has 1 aromatic heterocycles. The van der Waals surface area contributed by atoms with Crippen molar-refractivity contribution in [2.75, 3.05) is 53.6 Å². The number of nitrogens with zero attached hydrogens (tertiary/aromatic N) is 2. The number of hydrogen-bond donors (Lipinski definition) is 4. The van der Waals surface area contributed by atoms with Crippen molar-refractivity contribution in [2.45, 2.75) is 81.0 Å². The Kier molecular flexibility index (Phi) is 8.53. The molecule has 8 aliphatic rings. The summed E-state index contributed by atoms with van der Waals surface area (Å²) in [6.45, 7) is 7.83. The van der Waals surface area contributed by atoms with Gasteiger partial charge in [-0.15, -0.1) is 11.8 Å². The number of nitrogens with one attached hydrogen (secondary N) is 2. The number of methoxy groups -OCH3 is 2. The van der Waals surface area contributed by atoms with E-state index in [1.54, 1.807) is 26.0 Å². The Hall–Kier alpha value is -4.67. The number of carbonyl (C=O) groups is 2. The fourth-order valence-corrected chi connectivity index (χ4v) is 13.0. The molecule has 0 radical (unpaired) electrons. The van der Waals surface area contributed by atoms with Gasteiger partial charge in [0.2, 0.25) is 6.79 Å². The summed E-state index contributed by atoms with van der Waals surface area (Å²) in [5, 5.41) is 27.0. The number of aliphatic hydroxyl groups excluding tert-OH is 1. The molecule has 4 bridgehead atoms. The standard InChI is InChI=1S/C43H48N4O10S/c1-19-10-22-13-42(4)16-46(5)32(29(22)34(50)35(19)53-7)33-39-31-30(38-37(55-18-56-38)20(2)36(31)57-21(3)49)28(47(33)42)15-54-41(51)43(17-58-39)40-26(11-23(14-48)45-43)25-12-24(52-6)8-9-27(25)44-40/h8-10,12,23,28,32-33,39,44-45,48,50H,11,13-18H2,1-7H3/t23-,28+,32?,33-,39-,42?,43-/m1/s1. The average molecular weight is 813 g/mol. The van der Waals surface area contributed by atoms with E-state index in [0.29, 0.717) is 59.4 Å². The second-order valence-electron chi connectivity index (χ2n) is 16.9. The number of hydrogen-bond acceptors (Lipinski definition) is 14. The van der Waals surface area contributed by atoms with Gasteiger partial charge in [0.15, 0.2) is 28.5 Å². The minimum atomic E-state index is -1.41. The Balaban J connectivity index is 1.25. The molecule has 2 saturated heterocycles. The summed E-state index contributed by atoms with van der Waals surface area (Å²) < 4.78 is 36.7. The topological polar surface area (TPSA) is 164 Å². The molecule has 8 aliphatic heterocycles. The number of phenolic OH excluding ortho intramolecular Hbond substituents is 1. The lowest BCUT2D eigenvalue weighted by Crippen LogP contribution is -2.69. The van der Waals surface area contributed by atoms with Gasteiger partial charge in [-0.05, 0) is 75.5 Å². The molecule has 15 heteroatoms. The highest BCUT2D eigenvalue weighted by Crippen LogP contribution is 2.65. The molecule has 8 atom stereocenters. The van der Waals surface area contributed by atoms with Crippen molar-refractivity contribution in [3.8, 4) is 34.5 Å². The molecule has 12 rings (SSSR count). The van der Waals surface area contributed by atoms with Crippen molar-refractivity contribution in [1.29, 1.82) is 0 Å². The summed E-state index contributed by atoms with van der Waals surface area (Å²) in [5.74, 6) is 1.92. The number of phenols is 1. The van der Waals surface area contributed by atoms with Crippen LogP contribution < -0.4 is 29.0 Å². The van der Waals surface area contributed by atoms with E-state index in [1.165, 1.54) is 6.92 Å². The maximum atomic E-state index is 15.1. The Morgan fingerprint density at radius 1 is 1.07 bits per heavy atom. The lowest BCUT2D eigenvalue weighted by atomic mass is 9.76. The van der Waals surface area contributed by atoms with Gasteiger partial charge >= 0.3 is 11.9 Å². The van der Waals surface area contributed by atoms with Crippen molar-refractivity contribution in [3.05, 3.63) is 68.9 Å². The van der Waals surface area contributed by atoms with E-state index in [0.717, 1.165) is 44.3 Å². The lowest BCUT2D eigenvalue weighted by molar-refractivity contribution is -0.160. The maximum absolute atomic E-state index is 15.1. The van der Waals surface area contributed by atoms with E-state index in [-0.39, 0.29) is 43.6 Å². The first-order chi connectivity index (χ1) is 27.8. The molecule has 2 fully saturated rings. The Morgan fingerprint density at radius 2 is 1.86 bits per heavy atom. The molecule has 306 valence electrons. The number of piperazine rings is 1. The number of aromatic hydroxyl groups is 1. The summed E-state index contributed by atoms with van der Waals surface area (Å²) in [7, 11) is 5.29. The van der Waals surface area contributed by atoms with Gasteiger partial charge in [0.1, 0.15) is 18.1 Å².